The monoisotopic (exact) mass is 312 g/mol. The summed E-state index contributed by atoms with van der Waals surface area (Å²) in [5.41, 5.74) is 1.99. The maximum absolute atomic E-state index is 12.3. The Bertz CT molecular complexity index is 729. The van der Waals surface area contributed by atoms with E-state index in [0.29, 0.717) is 17.8 Å². The molecule has 0 unspecified atom stereocenters. The van der Waals surface area contributed by atoms with Gasteiger partial charge in [0.1, 0.15) is 6.54 Å². The number of amides is 2. The Kier molecular flexibility index (Phi) is 3.81. The van der Waals surface area contributed by atoms with Crippen LogP contribution in [-0.2, 0) is 11.3 Å². The van der Waals surface area contributed by atoms with E-state index in [1.54, 1.807) is 17.4 Å². The number of thiophene rings is 1. The van der Waals surface area contributed by atoms with Crippen LogP contribution in [0, 0.1) is 6.92 Å². The maximum Gasteiger partial charge on any atom is 0.259 e. The second-order valence-electron chi connectivity index (χ2n) is 5.17. The molecule has 0 radical (unpaired) electrons. The highest BCUT2D eigenvalue weighted by Crippen LogP contribution is 2.30. The van der Waals surface area contributed by atoms with Gasteiger partial charge in [0.2, 0.25) is 5.91 Å². The Morgan fingerprint density at radius 3 is 2.59 bits per heavy atom. The molecule has 2 aromatic rings. The van der Waals surface area contributed by atoms with Crippen LogP contribution >= 0.6 is 11.3 Å². The van der Waals surface area contributed by atoms with E-state index in [-0.39, 0.29) is 18.4 Å². The second kappa shape index (κ2) is 5.77. The lowest BCUT2D eigenvalue weighted by Crippen LogP contribution is -2.36. The molecule has 1 aliphatic rings. The number of nitrogens with zero attached hydrogens (tertiary/aromatic N) is 1. The van der Waals surface area contributed by atoms with Crippen LogP contribution in [0.25, 0.3) is 5.70 Å². The van der Waals surface area contributed by atoms with Gasteiger partial charge in [0.15, 0.2) is 0 Å². The van der Waals surface area contributed by atoms with Crippen molar-refractivity contribution in [3.05, 3.63) is 63.9 Å². The summed E-state index contributed by atoms with van der Waals surface area (Å²) in [6.07, 6.45) is 0. The predicted octanol–water partition coefficient (Wildman–Crippen LogP) is 2.80. The van der Waals surface area contributed by atoms with E-state index in [0.717, 1.165) is 10.4 Å². The highest BCUT2D eigenvalue weighted by molar-refractivity contribution is 7.11. The number of carbonyl (C=O) groups is 2. The Morgan fingerprint density at radius 1 is 1.23 bits per heavy atom. The molecule has 0 fully saturated rings. The number of hydrogen-bond acceptors (Lipinski definition) is 3. The van der Waals surface area contributed by atoms with E-state index in [1.807, 2.05) is 37.3 Å². The number of rotatable bonds is 4. The summed E-state index contributed by atoms with van der Waals surface area (Å²) in [6.45, 7) is 6.44. The van der Waals surface area contributed by atoms with Gasteiger partial charge in [-0.15, -0.1) is 11.3 Å². The van der Waals surface area contributed by atoms with Crippen molar-refractivity contribution in [3.8, 4) is 0 Å². The molecule has 4 nitrogen and oxygen atoms in total. The average Bonchev–Trinajstić information content (AvgIpc) is 3.03. The van der Waals surface area contributed by atoms with Crippen LogP contribution in [0.5, 0.6) is 0 Å². The Balaban J connectivity index is 1.63. The standard InChI is InChI=1S/C17H16N2O2S/c1-11-7-8-13(22-11)9-18-16(20)10-19-12(2)14-5-3-4-6-15(14)17(19)21/h3-8H,2,9-10H2,1H3,(H,18,20). The quantitative estimate of drug-likeness (QED) is 0.944. The molecule has 2 amide bonds. The molecule has 0 bridgehead atoms. The van der Waals surface area contributed by atoms with Gasteiger partial charge in [-0.2, -0.15) is 0 Å². The third kappa shape index (κ3) is 2.67. The Morgan fingerprint density at radius 2 is 1.95 bits per heavy atom. The van der Waals surface area contributed by atoms with Gasteiger partial charge in [-0.1, -0.05) is 24.8 Å². The lowest BCUT2D eigenvalue weighted by molar-refractivity contribution is -0.121. The molecule has 5 heteroatoms. The van der Waals surface area contributed by atoms with Crippen molar-refractivity contribution >= 4 is 28.8 Å². The summed E-state index contributed by atoms with van der Waals surface area (Å²) in [5.74, 6) is -0.351. The first-order valence-corrected chi connectivity index (χ1v) is 7.80. The van der Waals surface area contributed by atoms with Crippen molar-refractivity contribution in [1.82, 2.24) is 10.2 Å². The molecule has 0 spiro atoms. The lowest BCUT2D eigenvalue weighted by Gasteiger charge is -2.16. The highest BCUT2D eigenvalue weighted by atomic mass is 32.1. The first-order valence-electron chi connectivity index (χ1n) is 6.98. The summed E-state index contributed by atoms with van der Waals surface area (Å²) in [5, 5.41) is 2.84. The summed E-state index contributed by atoms with van der Waals surface area (Å²) < 4.78 is 0. The van der Waals surface area contributed by atoms with Crippen molar-refractivity contribution in [2.45, 2.75) is 13.5 Å². The van der Waals surface area contributed by atoms with E-state index in [2.05, 4.69) is 11.9 Å². The van der Waals surface area contributed by atoms with Gasteiger partial charge in [0.05, 0.1) is 6.54 Å². The lowest BCUT2D eigenvalue weighted by atomic mass is 10.1. The number of fused-ring (bicyclic) bond motifs is 1. The molecule has 22 heavy (non-hydrogen) atoms. The van der Waals surface area contributed by atoms with Crippen LogP contribution in [0.4, 0.5) is 0 Å². The number of nitrogens with one attached hydrogen (secondary N) is 1. The maximum atomic E-state index is 12.3. The van der Waals surface area contributed by atoms with E-state index in [9.17, 15) is 9.59 Å². The molecule has 112 valence electrons. The van der Waals surface area contributed by atoms with Crippen LogP contribution < -0.4 is 5.32 Å². The zero-order valence-electron chi connectivity index (χ0n) is 12.3. The number of carbonyl (C=O) groups excluding carboxylic acids is 2. The minimum Gasteiger partial charge on any atom is -0.350 e. The summed E-state index contributed by atoms with van der Waals surface area (Å²) in [4.78, 5) is 28.1. The van der Waals surface area contributed by atoms with E-state index in [4.69, 9.17) is 0 Å². The van der Waals surface area contributed by atoms with Crippen molar-refractivity contribution in [2.24, 2.45) is 0 Å². The fourth-order valence-electron chi connectivity index (χ4n) is 2.47. The van der Waals surface area contributed by atoms with Gasteiger partial charge in [-0.05, 0) is 25.1 Å². The normalized spacial score (nSPS) is 13.4. The molecule has 3 rings (SSSR count). The molecule has 0 atom stereocenters. The van der Waals surface area contributed by atoms with Gasteiger partial charge in [-0.25, -0.2) is 0 Å². The average molecular weight is 312 g/mol. The largest absolute Gasteiger partial charge is 0.350 e. The summed E-state index contributed by atoms with van der Waals surface area (Å²) in [7, 11) is 0. The van der Waals surface area contributed by atoms with Crippen LogP contribution in [0.2, 0.25) is 0 Å². The van der Waals surface area contributed by atoms with Crippen molar-refractivity contribution < 1.29 is 9.59 Å². The zero-order chi connectivity index (χ0) is 15.7. The van der Waals surface area contributed by atoms with Crippen LogP contribution in [0.1, 0.15) is 25.7 Å². The number of aryl methyl sites for hydroxylation is 1. The fraction of sp³-hybridized carbons (Fsp3) is 0.176. The van der Waals surface area contributed by atoms with Crippen molar-refractivity contribution in [1.29, 1.82) is 0 Å². The summed E-state index contributed by atoms with van der Waals surface area (Å²) >= 11 is 1.65. The second-order valence-corrected chi connectivity index (χ2v) is 6.55. The van der Waals surface area contributed by atoms with E-state index in [1.165, 1.54) is 9.78 Å². The minimum atomic E-state index is -0.187. The van der Waals surface area contributed by atoms with E-state index < -0.39 is 0 Å². The first kappa shape index (κ1) is 14.5. The fourth-order valence-corrected chi connectivity index (χ4v) is 3.30. The molecule has 1 N–H and O–H groups in total. The number of benzene rings is 1. The molecule has 1 aliphatic heterocycles. The van der Waals surface area contributed by atoms with Crippen molar-refractivity contribution in [2.75, 3.05) is 6.54 Å². The SMILES string of the molecule is C=C1c2ccccc2C(=O)N1CC(=O)NCc1ccc(C)s1. The molecule has 1 aromatic heterocycles. The van der Waals surface area contributed by atoms with Crippen LogP contribution in [-0.4, -0.2) is 23.3 Å². The third-order valence-electron chi connectivity index (χ3n) is 3.60. The number of hydrogen-bond donors (Lipinski definition) is 1. The smallest absolute Gasteiger partial charge is 0.259 e. The third-order valence-corrected chi connectivity index (χ3v) is 4.60. The molecule has 2 heterocycles. The molecular formula is C17H16N2O2S. The highest BCUT2D eigenvalue weighted by Gasteiger charge is 2.31. The zero-order valence-corrected chi connectivity index (χ0v) is 13.1. The summed E-state index contributed by atoms with van der Waals surface area (Å²) in [6, 6.07) is 11.3. The molecular weight excluding hydrogens is 296 g/mol. The molecule has 1 aromatic carbocycles. The molecule has 0 saturated heterocycles. The van der Waals surface area contributed by atoms with Gasteiger partial charge < -0.3 is 5.32 Å². The van der Waals surface area contributed by atoms with Crippen LogP contribution in [0.3, 0.4) is 0 Å². The molecule has 0 saturated carbocycles. The Labute approximate surface area is 133 Å². The Hall–Kier alpha value is -2.40. The van der Waals surface area contributed by atoms with E-state index >= 15 is 0 Å². The van der Waals surface area contributed by atoms with Crippen LogP contribution in [0.15, 0.2) is 43.0 Å². The van der Waals surface area contributed by atoms with Gasteiger partial charge in [0, 0.05) is 26.6 Å². The van der Waals surface area contributed by atoms with Gasteiger partial charge >= 0.3 is 0 Å². The van der Waals surface area contributed by atoms with Crippen molar-refractivity contribution in [3.63, 3.8) is 0 Å². The predicted molar refractivity (Wildman–Crippen MR) is 87.4 cm³/mol. The van der Waals surface area contributed by atoms with Gasteiger partial charge in [0.25, 0.3) is 5.91 Å². The first-order chi connectivity index (χ1) is 10.6. The topological polar surface area (TPSA) is 49.4 Å². The van der Waals surface area contributed by atoms with Gasteiger partial charge in [-0.3, -0.25) is 14.5 Å². The molecule has 0 aliphatic carbocycles. The minimum absolute atomic E-state index is 0.00327.